The van der Waals surface area contributed by atoms with Crippen LogP contribution in [-0.2, 0) is 23.8 Å². The minimum absolute atomic E-state index is 0.0288. The third kappa shape index (κ3) is 2.16. The molecule has 1 N–H and O–H groups in total. The molecule has 3 aliphatic carbocycles. The number of fused-ring (bicyclic) bond motifs is 5. The van der Waals surface area contributed by atoms with Crippen molar-refractivity contribution in [3.8, 4) is 0 Å². The molecule has 6 nitrogen and oxygen atoms in total. The molecule has 0 amide bonds. The highest BCUT2D eigenvalue weighted by Crippen LogP contribution is 2.74. The SMILES string of the molecule is CC(=O)O[C@H]1CC2C(C)(C)CCC[C@@]2(C)C2CC(=O)O[C@@]3(CO)C[C@]21C1OC13. The van der Waals surface area contributed by atoms with Gasteiger partial charge in [0.2, 0.25) is 0 Å². The van der Waals surface area contributed by atoms with E-state index in [1.54, 1.807) is 0 Å². The van der Waals surface area contributed by atoms with Crippen molar-refractivity contribution in [3.05, 3.63) is 0 Å². The third-order valence-corrected chi connectivity index (χ3v) is 9.18. The number of esters is 2. The first-order valence-electron chi connectivity index (χ1n) is 10.7. The molecule has 0 aromatic heterocycles. The molecule has 0 aromatic rings. The van der Waals surface area contributed by atoms with Crippen LogP contribution in [0.15, 0.2) is 0 Å². The standard InChI is InChI=1S/C22H32O6/c1-12(24)26-15-8-13-19(2,3)6-5-7-20(13,4)14-9-16(25)28-21(11-23)10-22(14,15)18-17(21)27-18/h13-15,17-18,23H,5-11H2,1-4H3/t13?,14?,15-,17?,18?,20+,21+,22-/m0/s1. The summed E-state index contributed by atoms with van der Waals surface area (Å²) in [5.41, 5.74) is -1.35. The summed E-state index contributed by atoms with van der Waals surface area (Å²) in [6.07, 6.45) is 4.30. The zero-order valence-corrected chi connectivity index (χ0v) is 17.3. The highest BCUT2D eigenvalue weighted by atomic mass is 16.7. The molecule has 4 unspecified atom stereocenters. The van der Waals surface area contributed by atoms with Crippen LogP contribution < -0.4 is 0 Å². The van der Waals surface area contributed by atoms with Crippen molar-refractivity contribution in [1.29, 1.82) is 0 Å². The molecule has 0 aromatic carbocycles. The summed E-state index contributed by atoms with van der Waals surface area (Å²) in [6, 6.07) is 0. The van der Waals surface area contributed by atoms with Crippen molar-refractivity contribution < 1.29 is 28.9 Å². The minimum atomic E-state index is -0.984. The Labute approximate surface area is 166 Å². The second-order valence-electron chi connectivity index (χ2n) is 11.0. The quantitative estimate of drug-likeness (QED) is 0.574. The Hall–Kier alpha value is -1.14. The highest BCUT2D eigenvalue weighted by molar-refractivity contribution is 5.72. The fourth-order valence-corrected chi connectivity index (χ4v) is 8.19. The van der Waals surface area contributed by atoms with Crippen LogP contribution in [0, 0.1) is 28.1 Å². The van der Waals surface area contributed by atoms with E-state index >= 15 is 0 Å². The van der Waals surface area contributed by atoms with Gasteiger partial charge in [0.15, 0.2) is 5.60 Å². The van der Waals surface area contributed by atoms with Crippen molar-refractivity contribution in [3.63, 3.8) is 0 Å². The Balaban J connectivity index is 1.68. The fraction of sp³-hybridized carbons (Fsp3) is 0.909. The van der Waals surface area contributed by atoms with Gasteiger partial charge in [-0.1, -0.05) is 27.2 Å². The first-order chi connectivity index (χ1) is 13.1. The average Bonchev–Trinajstić information content (AvgIpc) is 3.35. The summed E-state index contributed by atoms with van der Waals surface area (Å²) in [6.45, 7) is 8.19. The lowest BCUT2D eigenvalue weighted by molar-refractivity contribution is -0.216. The van der Waals surface area contributed by atoms with Gasteiger partial charge < -0.3 is 19.3 Å². The molecule has 2 heterocycles. The van der Waals surface area contributed by atoms with Crippen molar-refractivity contribution >= 4 is 11.9 Å². The number of carbonyl (C=O) groups is 2. The number of ether oxygens (including phenoxy) is 3. The number of rotatable bonds is 2. The number of hydrogen-bond acceptors (Lipinski definition) is 6. The molecule has 28 heavy (non-hydrogen) atoms. The van der Waals surface area contributed by atoms with Crippen LogP contribution in [0.4, 0.5) is 0 Å². The molecule has 2 aliphatic heterocycles. The number of aliphatic hydroxyl groups excluding tert-OH is 1. The third-order valence-electron chi connectivity index (χ3n) is 9.18. The molecule has 6 heteroatoms. The topological polar surface area (TPSA) is 85.4 Å². The summed E-state index contributed by atoms with van der Waals surface area (Å²) in [7, 11) is 0. The van der Waals surface area contributed by atoms with E-state index in [4.69, 9.17) is 14.2 Å². The van der Waals surface area contributed by atoms with Crippen LogP contribution in [-0.4, -0.2) is 47.6 Å². The van der Waals surface area contributed by atoms with Crippen LogP contribution >= 0.6 is 0 Å². The maximum absolute atomic E-state index is 12.9. The van der Waals surface area contributed by atoms with Gasteiger partial charge in [-0.15, -0.1) is 0 Å². The van der Waals surface area contributed by atoms with Crippen molar-refractivity contribution in [2.24, 2.45) is 28.1 Å². The summed E-state index contributed by atoms with van der Waals surface area (Å²) < 4.78 is 17.9. The summed E-state index contributed by atoms with van der Waals surface area (Å²) >= 11 is 0. The van der Waals surface area contributed by atoms with Crippen LogP contribution in [0.2, 0.25) is 0 Å². The molecule has 8 atom stereocenters. The number of hydrogen-bond donors (Lipinski definition) is 1. The van der Waals surface area contributed by atoms with Crippen LogP contribution in [0.25, 0.3) is 0 Å². The lowest BCUT2D eigenvalue weighted by Gasteiger charge is -2.64. The van der Waals surface area contributed by atoms with Gasteiger partial charge in [0.25, 0.3) is 0 Å². The van der Waals surface area contributed by atoms with E-state index in [0.717, 1.165) is 25.7 Å². The number of aliphatic hydroxyl groups is 1. The molecule has 3 saturated carbocycles. The highest BCUT2D eigenvalue weighted by Gasteiger charge is 2.82. The summed E-state index contributed by atoms with van der Waals surface area (Å²) in [4.78, 5) is 24.9. The lowest BCUT2D eigenvalue weighted by atomic mass is 9.41. The van der Waals surface area contributed by atoms with Gasteiger partial charge in [0.05, 0.1) is 12.7 Å². The first kappa shape index (κ1) is 18.9. The Kier molecular flexibility index (Phi) is 3.71. The van der Waals surface area contributed by atoms with Crippen LogP contribution in [0.1, 0.15) is 66.2 Å². The molecule has 156 valence electrons. The van der Waals surface area contributed by atoms with E-state index in [1.807, 2.05) is 0 Å². The summed E-state index contributed by atoms with van der Waals surface area (Å²) in [5, 5.41) is 10.2. The molecule has 5 rings (SSSR count). The predicted octanol–water partition coefficient (Wildman–Crippen LogP) is 2.61. The second kappa shape index (κ2) is 5.51. The van der Waals surface area contributed by atoms with Gasteiger partial charge >= 0.3 is 11.9 Å². The maximum atomic E-state index is 12.9. The number of carbonyl (C=O) groups excluding carboxylic acids is 2. The van der Waals surface area contributed by atoms with E-state index in [0.29, 0.717) is 18.8 Å². The van der Waals surface area contributed by atoms with Gasteiger partial charge in [0.1, 0.15) is 12.2 Å². The Bertz CT molecular complexity index is 733. The van der Waals surface area contributed by atoms with E-state index in [-0.39, 0.29) is 53.6 Å². The number of epoxide rings is 1. The molecule has 5 aliphatic rings. The van der Waals surface area contributed by atoms with Gasteiger partial charge in [0, 0.05) is 25.2 Å². The first-order valence-corrected chi connectivity index (χ1v) is 10.7. The zero-order chi connectivity index (χ0) is 20.1. The van der Waals surface area contributed by atoms with E-state index in [1.165, 1.54) is 6.92 Å². The van der Waals surface area contributed by atoms with E-state index in [2.05, 4.69) is 20.8 Å². The fourth-order valence-electron chi connectivity index (χ4n) is 8.19. The van der Waals surface area contributed by atoms with Gasteiger partial charge in [-0.05, 0) is 41.9 Å². The monoisotopic (exact) mass is 392 g/mol. The zero-order valence-electron chi connectivity index (χ0n) is 17.3. The Morgan fingerprint density at radius 3 is 2.64 bits per heavy atom. The molecular weight excluding hydrogens is 360 g/mol. The van der Waals surface area contributed by atoms with E-state index in [9.17, 15) is 14.7 Å². The largest absolute Gasteiger partial charge is 0.462 e. The van der Waals surface area contributed by atoms with Crippen molar-refractivity contribution in [2.45, 2.75) is 90.1 Å². The van der Waals surface area contributed by atoms with Crippen molar-refractivity contribution in [2.75, 3.05) is 6.61 Å². The van der Waals surface area contributed by atoms with Crippen molar-refractivity contribution in [1.82, 2.24) is 0 Å². The lowest BCUT2D eigenvalue weighted by Crippen LogP contribution is -2.63. The minimum Gasteiger partial charge on any atom is -0.462 e. The van der Waals surface area contributed by atoms with Crippen LogP contribution in [0.3, 0.4) is 0 Å². The molecular formula is C22H32O6. The molecule has 0 radical (unpaired) electrons. The molecule has 1 spiro atoms. The van der Waals surface area contributed by atoms with Gasteiger partial charge in [-0.25, -0.2) is 0 Å². The van der Waals surface area contributed by atoms with Gasteiger partial charge in [-0.2, -0.15) is 0 Å². The average molecular weight is 392 g/mol. The Morgan fingerprint density at radius 1 is 1.21 bits per heavy atom. The van der Waals surface area contributed by atoms with Crippen LogP contribution in [0.5, 0.6) is 0 Å². The normalized spacial score (nSPS) is 53.2. The molecule has 5 fully saturated rings. The van der Waals surface area contributed by atoms with E-state index < -0.39 is 11.0 Å². The smallest absolute Gasteiger partial charge is 0.306 e. The molecule has 2 saturated heterocycles. The maximum Gasteiger partial charge on any atom is 0.306 e. The summed E-state index contributed by atoms with van der Waals surface area (Å²) in [5.74, 6) is -0.144. The molecule has 2 bridgehead atoms. The Morgan fingerprint density at radius 2 is 1.96 bits per heavy atom. The predicted molar refractivity (Wildman–Crippen MR) is 99.1 cm³/mol. The second-order valence-corrected chi connectivity index (χ2v) is 11.0. The van der Waals surface area contributed by atoms with Gasteiger partial charge in [-0.3, -0.25) is 9.59 Å².